The standard InChI is InChI=1S/C14H21NO4/c1-18-10-3-2-8-15-9-11-19-13-6-4-12(5-7-13)14(16)17/h4-7,15H,2-3,8-11H2,1H3,(H,16,17). The lowest BCUT2D eigenvalue weighted by molar-refractivity contribution is 0.0697. The highest BCUT2D eigenvalue weighted by molar-refractivity contribution is 5.87. The molecule has 0 fully saturated rings. The number of rotatable bonds is 10. The molecule has 106 valence electrons. The minimum absolute atomic E-state index is 0.267. The fraction of sp³-hybridized carbons (Fsp3) is 0.500. The third-order valence-corrected chi connectivity index (χ3v) is 2.60. The summed E-state index contributed by atoms with van der Waals surface area (Å²) in [4.78, 5) is 10.7. The Morgan fingerprint density at radius 3 is 2.53 bits per heavy atom. The molecule has 0 aliphatic heterocycles. The Kier molecular flexibility index (Phi) is 7.62. The maximum absolute atomic E-state index is 10.7. The van der Waals surface area contributed by atoms with E-state index in [1.807, 2.05) is 0 Å². The van der Waals surface area contributed by atoms with Crippen LogP contribution in [0.15, 0.2) is 24.3 Å². The molecule has 5 heteroatoms. The van der Waals surface area contributed by atoms with E-state index in [0.29, 0.717) is 12.4 Å². The molecule has 0 amide bonds. The van der Waals surface area contributed by atoms with E-state index in [1.165, 1.54) is 12.1 Å². The molecule has 1 aromatic carbocycles. The molecule has 0 atom stereocenters. The van der Waals surface area contributed by atoms with Crippen LogP contribution in [-0.4, -0.2) is 44.5 Å². The molecule has 2 N–H and O–H groups in total. The van der Waals surface area contributed by atoms with Crippen LogP contribution in [0.25, 0.3) is 0 Å². The van der Waals surface area contributed by atoms with E-state index in [1.54, 1.807) is 19.2 Å². The van der Waals surface area contributed by atoms with Crippen molar-refractivity contribution in [1.29, 1.82) is 0 Å². The Labute approximate surface area is 113 Å². The highest BCUT2D eigenvalue weighted by Crippen LogP contribution is 2.11. The van der Waals surface area contributed by atoms with Crippen LogP contribution in [0.5, 0.6) is 5.75 Å². The summed E-state index contributed by atoms with van der Waals surface area (Å²) in [5.41, 5.74) is 0.267. The first-order valence-corrected chi connectivity index (χ1v) is 6.40. The Balaban J connectivity index is 2.07. The molecule has 5 nitrogen and oxygen atoms in total. The highest BCUT2D eigenvalue weighted by Gasteiger charge is 2.01. The zero-order valence-corrected chi connectivity index (χ0v) is 11.2. The third kappa shape index (κ3) is 6.79. The molecule has 1 aromatic rings. The Hall–Kier alpha value is -1.59. The number of hydrogen-bond acceptors (Lipinski definition) is 4. The van der Waals surface area contributed by atoms with E-state index in [0.717, 1.165) is 32.5 Å². The van der Waals surface area contributed by atoms with Crippen molar-refractivity contribution in [2.45, 2.75) is 12.8 Å². The normalized spacial score (nSPS) is 10.4. The first-order chi connectivity index (χ1) is 9.24. The van der Waals surface area contributed by atoms with E-state index in [2.05, 4.69) is 5.32 Å². The van der Waals surface area contributed by atoms with Gasteiger partial charge in [0.2, 0.25) is 0 Å². The Morgan fingerprint density at radius 2 is 1.89 bits per heavy atom. The summed E-state index contributed by atoms with van der Waals surface area (Å²) < 4.78 is 10.4. The number of aromatic carboxylic acids is 1. The van der Waals surface area contributed by atoms with Crippen molar-refractivity contribution in [2.75, 3.05) is 33.4 Å². The van der Waals surface area contributed by atoms with E-state index in [-0.39, 0.29) is 5.56 Å². The predicted octanol–water partition coefficient (Wildman–Crippen LogP) is 1.78. The largest absolute Gasteiger partial charge is 0.492 e. The molecule has 0 saturated carbocycles. The van der Waals surface area contributed by atoms with Crippen LogP contribution in [-0.2, 0) is 4.74 Å². The number of nitrogens with one attached hydrogen (secondary N) is 1. The fourth-order valence-corrected chi connectivity index (χ4v) is 1.56. The lowest BCUT2D eigenvalue weighted by Gasteiger charge is -2.07. The van der Waals surface area contributed by atoms with Crippen LogP contribution in [0.4, 0.5) is 0 Å². The molecule has 0 aromatic heterocycles. The molecule has 0 heterocycles. The monoisotopic (exact) mass is 267 g/mol. The molecule has 0 bridgehead atoms. The number of carboxylic acids is 1. The van der Waals surface area contributed by atoms with Gasteiger partial charge in [-0.3, -0.25) is 0 Å². The van der Waals surface area contributed by atoms with Gasteiger partial charge in [0.1, 0.15) is 12.4 Å². The number of benzene rings is 1. The SMILES string of the molecule is COCCCCNCCOc1ccc(C(=O)O)cc1. The lowest BCUT2D eigenvalue weighted by Crippen LogP contribution is -2.22. The van der Waals surface area contributed by atoms with Gasteiger partial charge in [0.25, 0.3) is 0 Å². The zero-order valence-electron chi connectivity index (χ0n) is 11.2. The summed E-state index contributed by atoms with van der Waals surface area (Å²) >= 11 is 0. The van der Waals surface area contributed by atoms with Crippen LogP contribution in [0.2, 0.25) is 0 Å². The summed E-state index contributed by atoms with van der Waals surface area (Å²) in [6.07, 6.45) is 2.14. The second-order valence-electron chi connectivity index (χ2n) is 4.13. The topological polar surface area (TPSA) is 67.8 Å². The van der Waals surface area contributed by atoms with Gasteiger partial charge >= 0.3 is 5.97 Å². The summed E-state index contributed by atoms with van der Waals surface area (Å²) in [6.45, 7) is 3.09. The number of carboxylic acid groups (broad SMARTS) is 1. The third-order valence-electron chi connectivity index (χ3n) is 2.60. The Morgan fingerprint density at radius 1 is 1.16 bits per heavy atom. The van der Waals surface area contributed by atoms with Crippen LogP contribution < -0.4 is 10.1 Å². The van der Waals surface area contributed by atoms with Crippen LogP contribution in [0.3, 0.4) is 0 Å². The minimum Gasteiger partial charge on any atom is -0.492 e. The number of methoxy groups -OCH3 is 1. The van der Waals surface area contributed by atoms with Gasteiger partial charge < -0.3 is 19.9 Å². The van der Waals surface area contributed by atoms with Crippen molar-refractivity contribution in [3.8, 4) is 5.75 Å². The molecule has 0 aliphatic rings. The van der Waals surface area contributed by atoms with Gasteiger partial charge in [-0.1, -0.05) is 0 Å². The second kappa shape index (κ2) is 9.35. The van der Waals surface area contributed by atoms with Crippen LogP contribution >= 0.6 is 0 Å². The van der Waals surface area contributed by atoms with Gasteiger partial charge in [-0.15, -0.1) is 0 Å². The van der Waals surface area contributed by atoms with Gasteiger partial charge in [0.05, 0.1) is 5.56 Å². The fourth-order valence-electron chi connectivity index (χ4n) is 1.56. The highest BCUT2D eigenvalue weighted by atomic mass is 16.5. The van der Waals surface area contributed by atoms with E-state index in [4.69, 9.17) is 14.6 Å². The average molecular weight is 267 g/mol. The molecule has 1 rings (SSSR count). The van der Waals surface area contributed by atoms with Gasteiger partial charge in [0, 0.05) is 20.3 Å². The minimum atomic E-state index is -0.927. The molecule has 0 spiro atoms. The summed E-state index contributed by atoms with van der Waals surface area (Å²) in [6, 6.07) is 6.41. The Bertz CT molecular complexity index is 364. The molecular weight excluding hydrogens is 246 g/mol. The van der Waals surface area contributed by atoms with Crippen molar-refractivity contribution < 1.29 is 19.4 Å². The number of hydrogen-bond donors (Lipinski definition) is 2. The van der Waals surface area contributed by atoms with Crippen LogP contribution in [0, 0.1) is 0 Å². The number of ether oxygens (including phenoxy) is 2. The first kappa shape index (κ1) is 15.5. The molecule has 0 aliphatic carbocycles. The van der Waals surface area contributed by atoms with Gasteiger partial charge in [-0.05, 0) is 43.7 Å². The van der Waals surface area contributed by atoms with Gasteiger partial charge in [0.15, 0.2) is 0 Å². The smallest absolute Gasteiger partial charge is 0.335 e. The van der Waals surface area contributed by atoms with E-state index >= 15 is 0 Å². The van der Waals surface area contributed by atoms with Crippen molar-refractivity contribution in [3.63, 3.8) is 0 Å². The average Bonchev–Trinajstić information content (AvgIpc) is 2.42. The predicted molar refractivity (Wildman–Crippen MR) is 72.9 cm³/mol. The quantitative estimate of drug-likeness (QED) is 0.632. The molecule has 0 unspecified atom stereocenters. The van der Waals surface area contributed by atoms with Crippen molar-refractivity contribution >= 4 is 5.97 Å². The van der Waals surface area contributed by atoms with Gasteiger partial charge in [-0.25, -0.2) is 4.79 Å². The van der Waals surface area contributed by atoms with Crippen molar-refractivity contribution in [3.05, 3.63) is 29.8 Å². The second-order valence-corrected chi connectivity index (χ2v) is 4.13. The lowest BCUT2D eigenvalue weighted by atomic mass is 10.2. The summed E-state index contributed by atoms with van der Waals surface area (Å²) in [5, 5.41) is 12.0. The summed E-state index contributed by atoms with van der Waals surface area (Å²) in [5.74, 6) is -0.240. The van der Waals surface area contributed by atoms with E-state index < -0.39 is 5.97 Å². The molecule has 0 radical (unpaired) electrons. The zero-order chi connectivity index (χ0) is 13.9. The van der Waals surface area contributed by atoms with Crippen molar-refractivity contribution in [1.82, 2.24) is 5.32 Å². The molecular formula is C14H21NO4. The van der Waals surface area contributed by atoms with Gasteiger partial charge in [-0.2, -0.15) is 0 Å². The van der Waals surface area contributed by atoms with E-state index in [9.17, 15) is 4.79 Å². The first-order valence-electron chi connectivity index (χ1n) is 6.40. The summed E-state index contributed by atoms with van der Waals surface area (Å²) in [7, 11) is 1.71. The number of unbranched alkanes of at least 4 members (excludes halogenated alkanes) is 1. The maximum Gasteiger partial charge on any atom is 0.335 e. The van der Waals surface area contributed by atoms with Crippen LogP contribution in [0.1, 0.15) is 23.2 Å². The maximum atomic E-state index is 10.7. The molecule has 0 saturated heterocycles. The van der Waals surface area contributed by atoms with Crippen molar-refractivity contribution in [2.24, 2.45) is 0 Å². The molecule has 19 heavy (non-hydrogen) atoms. The number of carbonyl (C=O) groups is 1.